The Labute approximate surface area is 132 Å². The van der Waals surface area contributed by atoms with Gasteiger partial charge >= 0.3 is 0 Å². The lowest BCUT2D eigenvalue weighted by atomic mass is 10.1. The van der Waals surface area contributed by atoms with E-state index in [1.807, 2.05) is 0 Å². The molecular weight excluding hydrogens is 296 g/mol. The van der Waals surface area contributed by atoms with Gasteiger partial charge in [-0.05, 0) is 36.4 Å². The molecule has 1 heterocycles. The summed E-state index contributed by atoms with van der Waals surface area (Å²) in [6.45, 7) is 0. The Morgan fingerprint density at radius 3 is 2.61 bits per heavy atom. The molecule has 6 nitrogen and oxygen atoms in total. The van der Waals surface area contributed by atoms with E-state index in [9.17, 15) is 9.90 Å². The first-order chi connectivity index (χ1) is 11.2. The number of phenols is 1. The van der Waals surface area contributed by atoms with Crippen LogP contribution in [-0.2, 0) is 0 Å². The minimum absolute atomic E-state index is 0.0609. The number of amides is 1. The first-order valence-corrected chi connectivity index (χ1v) is 6.88. The molecule has 0 aliphatic carbocycles. The first-order valence-electron chi connectivity index (χ1n) is 6.88. The van der Waals surface area contributed by atoms with Crippen LogP contribution < -0.4 is 10.1 Å². The number of aromatic nitrogens is 1. The van der Waals surface area contributed by atoms with E-state index in [2.05, 4.69) is 10.5 Å². The minimum atomic E-state index is -0.402. The van der Waals surface area contributed by atoms with Gasteiger partial charge in [0.2, 0.25) is 0 Å². The monoisotopic (exact) mass is 310 g/mol. The standard InChI is InChI=1S/C17H14N2O4/c1-22-12-8-6-11(7-9-12)18-17(21)14-10-16(23-19-14)13-4-2-3-5-15(13)20/h2-10,20H,1H3,(H,18,21). The average Bonchev–Trinajstić information content (AvgIpc) is 3.06. The normalized spacial score (nSPS) is 10.3. The van der Waals surface area contributed by atoms with Crippen molar-refractivity contribution >= 4 is 11.6 Å². The maximum absolute atomic E-state index is 12.2. The second-order valence-corrected chi connectivity index (χ2v) is 4.78. The van der Waals surface area contributed by atoms with Crippen LogP contribution in [0.3, 0.4) is 0 Å². The predicted octanol–water partition coefficient (Wildman–Crippen LogP) is 3.31. The number of carbonyl (C=O) groups is 1. The van der Waals surface area contributed by atoms with Crippen molar-refractivity contribution in [2.24, 2.45) is 0 Å². The van der Waals surface area contributed by atoms with E-state index in [1.165, 1.54) is 12.1 Å². The Bertz CT molecular complexity index is 825. The number of hydrogen-bond acceptors (Lipinski definition) is 5. The summed E-state index contributed by atoms with van der Waals surface area (Å²) in [5.74, 6) is 0.681. The number of nitrogens with zero attached hydrogens (tertiary/aromatic N) is 1. The van der Waals surface area contributed by atoms with E-state index in [-0.39, 0.29) is 11.4 Å². The number of para-hydroxylation sites is 1. The summed E-state index contributed by atoms with van der Waals surface area (Å²) in [5.41, 5.74) is 1.21. The number of hydrogen-bond donors (Lipinski definition) is 2. The highest BCUT2D eigenvalue weighted by atomic mass is 16.5. The molecule has 6 heteroatoms. The van der Waals surface area contributed by atoms with Gasteiger partial charge in [0.15, 0.2) is 11.5 Å². The van der Waals surface area contributed by atoms with Gasteiger partial charge in [-0.15, -0.1) is 0 Å². The molecule has 2 aromatic carbocycles. The Kier molecular flexibility index (Phi) is 3.97. The van der Waals surface area contributed by atoms with Crippen LogP contribution in [0, 0.1) is 0 Å². The largest absolute Gasteiger partial charge is 0.507 e. The molecule has 0 aliphatic heterocycles. The van der Waals surface area contributed by atoms with Gasteiger partial charge < -0.3 is 19.7 Å². The zero-order valence-electron chi connectivity index (χ0n) is 12.3. The number of ether oxygens (including phenoxy) is 1. The van der Waals surface area contributed by atoms with Crippen LogP contribution in [0.25, 0.3) is 11.3 Å². The third-order valence-corrected chi connectivity index (χ3v) is 3.26. The Balaban J connectivity index is 1.77. The van der Waals surface area contributed by atoms with Crippen molar-refractivity contribution in [2.75, 3.05) is 12.4 Å². The highest BCUT2D eigenvalue weighted by Gasteiger charge is 2.15. The Morgan fingerprint density at radius 1 is 1.17 bits per heavy atom. The molecule has 23 heavy (non-hydrogen) atoms. The van der Waals surface area contributed by atoms with Crippen molar-refractivity contribution in [3.05, 3.63) is 60.3 Å². The van der Waals surface area contributed by atoms with E-state index < -0.39 is 5.91 Å². The van der Waals surface area contributed by atoms with Gasteiger partial charge in [0.05, 0.1) is 12.7 Å². The molecule has 0 fully saturated rings. The first kappa shape index (κ1) is 14.6. The molecule has 3 rings (SSSR count). The quantitative estimate of drug-likeness (QED) is 0.772. The van der Waals surface area contributed by atoms with Crippen LogP contribution in [0.4, 0.5) is 5.69 Å². The smallest absolute Gasteiger partial charge is 0.277 e. The van der Waals surface area contributed by atoms with E-state index in [1.54, 1.807) is 49.6 Å². The highest BCUT2D eigenvalue weighted by molar-refractivity contribution is 6.03. The number of methoxy groups -OCH3 is 1. The number of rotatable bonds is 4. The maximum atomic E-state index is 12.2. The molecular formula is C17H14N2O4. The topological polar surface area (TPSA) is 84.6 Å². The lowest BCUT2D eigenvalue weighted by Crippen LogP contribution is -2.11. The maximum Gasteiger partial charge on any atom is 0.277 e. The fourth-order valence-corrected chi connectivity index (χ4v) is 2.06. The van der Waals surface area contributed by atoms with Crippen LogP contribution >= 0.6 is 0 Å². The Hall–Kier alpha value is -3.28. The van der Waals surface area contributed by atoms with Crippen molar-refractivity contribution in [3.8, 4) is 22.8 Å². The van der Waals surface area contributed by atoms with Crippen LogP contribution in [0.5, 0.6) is 11.5 Å². The second-order valence-electron chi connectivity index (χ2n) is 4.78. The SMILES string of the molecule is COc1ccc(NC(=O)c2cc(-c3ccccc3O)on2)cc1. The van der Waals surface area contributed by atoms with E-state index in [0.29, 0.717) is 22.8 Å². The fourth-order valence-electron chi connectivity index (χ4n) is 2.06. The average molecular weight is 310 g/mol. The molecule has 1 amide bonds. The lowest BCUT2D eigenvalue weighted by molar-refractivity contribution is 0.101. The van der Waals surface area contributed by atoms with Gasteiger partial charge in [0.25, 0.3) is 5.91 Å². The summed E-state index contributed by atoms with van der Waals surface area (Å²) >= 11 is 0. The van der Waals surface area contributed by atoms with E-state index in [4.69, 9.17) is 9.26 Å². The number of carbonyl (C=O) groups excluding carboxylic acids is 1. The van der Waals surface area contributed by atoms with Gasteiger partial charge in [-0.25, -0.2) is 0 Å². The molecule has 2 N–H and O–H groups in total. The van der Waals surface area contributed by atoms with Gasteiger partial charge in [-0.1, -0.05) is 17.3 Å². The number of aromatic hydroxyl groups is 1. The summed E-state index contributed by atoms with van der Waals surface area (Å²) in [6, 6.07) is 15.1. The molecule has 0 saturated heterocycles. The lowest BCUT2D eigenvalue weighted by Gasteiger charge is -2.04. The summed E-state index contributed by atoms with van der Waals surface area (Å²) in [4.78, 5) is 12.2. The number of benzene rings is 2. The molecule has 1 aromatic heterocycles. The number of anilines is 1. The van der Waals surface area contributed by atoms with E-state index in [0.717, 1.165) is 0 Å². The van der Waals surface area contributed by atoms with E-state index >= 15 is 0 Å². The predicted molar refractivity (Wildman–Crippen MR) is 84.6 cm³/mol. The summed E-state index contributed by atoms with van der Waals surface area (Å²) < 4.78 is 10.2. The highest BCUT2D eigenvalue weighted by Crippen LogP contribution is 2.29. The third-order valence-electron chi connectivity index (χ3n) is 3.26. The second kappa shape index (κ2) is 6.23. The summed E-state index contributed by atoms with van der Waals surface area (Å²) in [5, 5.41) is 16.2. The molecule has 3 aromatic rings. The molecule has 0 unspecified atom stereocenters. The fraction of sp³-hybridized carbons (Fsp3) is 0.0588. The molecule has 0 bridgehead atoms. The molecule has 0 radical (unpaired) electrons. The van der Waals surface area contributed by atoms with Crippen molar-refractivity contribution < 1.29 is 19.2 Å². The third kappa shape index (κ3) is 3.16. The molecule has 0 atom stereocenters. The molecule has 0 spiro atoms. The van der Waals surface area contributed by atoms with Crippen molar-refractivity contribution in [1.82, 2.24) is 5.16 Å². The van der Waals surface area contributed by atoms with Gasteiger partial charge in [0.1, 0.15) is 11.5 Å². The van der Waals surface area contributed by atoms with Crippen LogP contribution in [-0.4, -0.2) is 23.3 Å². The minimum Gasteiger partial charge on any atom is -0.507 e. The van der Waals surface area contributed by atoms with Gasteiger partial charge in [-0.2, -0.15) is 0 Å². The zero-order chi connectivity index (χ0) is 16.2. The number of nitrogens with one attached hydrogen (secondary N) is 1. The van der Waals surface area contributed by atoms with Crippen molar-refractivity contribution in [3.63, 3.8) is 0 Å². The van der Waals surface area contributed by atoms with Crippen molar-refractivity contribution in [2.45, 2.75) is 0 Å². The summed E-state index contributed by atoms with van der Waals surface area (Å²) in [6.07, 6.45) is 0. The van der Waals surface area contributed by atoms with Crippen LogP contribution in [0.1, 0.15) is 10.5 Å². The van der Waals surface area contributed by atoms with Gasteiger partial charge in [0, 0.05) is 11.8 Å². The van der Waals surface area contributed by atoms with Crippen LogP contribution in [0.15, 0.2) is 59.1 Å². The van der Waals surface area contributed by atoms with Gasteiger partial charge in [-0.3, -0.25) is 4.79 Å². The van der Waals surface area contributed by atoms with Crippen LogP contribution in [0.2, 0.25) is 0 Å². The number of phenolic OH excluding ortho intramolecular Hbond substituents is 1. The molecule has 116 valence electrons. The zero-order valence-corrected chi connectivity index (χ0v) is 12.3. The summed E-state index contributed by atoms with van der Waals surface area (Å²) in [7, 11) is 1.57. The molecule has 0 aliphatic rings. The Morgan fingerprint density at radius 2 is 1.91 bits per heavy atom. The molecule has 0 saturated carbocycles. The van der Waals surface area contributed by atoms with Crippen molar-refractivity contribution in [1.29, 1.82) is 0 Å².